The number of carbonyl (C=O) groups is 1. The second-order valence-corrected chi connectivity index (χ2v) is 21.9. The molecule has 398 valence electrons. The number of aromatic nitrogens is 4. The third-order valence-corrected chi connectivity index (χ3v) is 15.4. The van der Waals surface area contributed by atoms with Crippen molar-refractivity contribution in [1.29, 1.82) is 0 Å². The van der Waals surface area contributed by atoms with Gasteiger partial charge in [-0.15, -0.1) is 11.3 Å². The molecule has 0 unspecified atom stereocenters. The predicted octanol–water partition coefficient (Wildman–Crippen LogP) is 10.6. The van der Waals surface area contributed by atoms with Gasteiger partial charge >= 0.3 is 5.97 Å². The van der Waals surface area contributed by atoms with E-state index in [0.29, 0.717) is 121 Å². The fourth-order valence-corrected chi connectivity index (χ4v) is 11.1. The van der Waals surface area contributed by atoms with E-state index < -0.39 is 23.8 Å². The highest BCUT2D eigenvalue weighted by molar-refractivity contribution is 7.22. The first-order valence-corrected chi connectivity index (χ1v) is 26.8. The third-order valence-electron chi connectivity index (χ3n) is 13.3. The van der Waals surface area contributed by atoms with E-state index in [1.54, 1.807) is 39.0 Å². The van der Waals surface area contributed by atoms with Crippen molar-refractivity contribution in [1.82, 2.24) is 29.7 Å². The van der Waals surface area contributed by atoms with Crippen LogP contribution in [0.3, 0.4) is 0 Å². The van der Waals surface area contributed by atoms with Crippen molar-refractivity contribution in [2.45, 2.75) is 71.6 Å². The average Bonchev–Trinajstić information content (AvgIpc) is 3.84. The maximum Gasteiger partial charge on any atom is 0.348 e. The molecule has 11 rings (SSSR count). The number of piperazine rings is 1. The molecule has 4 aromatic carbocycles. The van der Waals surface area contributed by atoms with E-state index in [1.165, 1.54) is 36.1 Å². The Hall–Kier alpha value is -6.18. The zero-order chi connectivity index (χ0) is 53.1. The Morgan fingerprint density at radius 1 is 0.816 bits per heavy atom. The standard InChI is InChI=1S/C57H59Cl2FN6O9S/c1-33-47-34(2)51(59)52(50(33)58)73-42(26-66-19-17-65(6)18-20-66)29-71-41-15-16-45(72-27-39-25-44(62-31-61-39)35-9-13-40(14-10-35)70-30-43-28-68-21-22-69-43)37(23-41)24-46(56(67)75-57(3,4)5)74-54-49-48(47)53(76-55(49)64-32-63-54)36-7-11-38(60)12-8-36/h7-16,23,25,31-32,42-43,46H,17-22,24,26-30H2,1-6H3/t42-,43-,46-/m1/s1. The van der Waals surface area contributed by atoms with Gasteiger partial charge in [0.15, 0.2) is 5.75 Å². The van der Waals surface area contributed by atoms with Gasteiger partial charge in [-0.3, -0.25) is 4.90 Å². The molecule has 0 radical (unpaired) electrons. The summed E-state index contributed by atoms with van der Waals surface area (Å²) in [5.74, 6) is 1.06. The van der Waals surface area contributed by atoms with Crippen molar-refractivity contribution in [2.75, 3.05) is 72.8 Å². The van der Waals surface area contributed by atoms with Gasteiger partial charge in [0.05, 0.1) is 46.6 Å². The van der Waals surface area contributed by atoms with Crippen molar-refractivity contribution in [3.8, 4) is 61.7 Å². The van der Waals surface area contributed by atoms with Gasteiger partial charge < -0.3 is 42.8 Å². The molecular formula is C57H59Cl2FN6O9S. The van der Waals surface area contributed by atoms with Crippen molar-refractivity contribution >= 4 is 50.7 Å². The van der Waals surface area contributed by atoms with E-state index in [1.807, 2.05) is 56.3 Å². The van der Waals surface area contributed by atoms with Crippen LogP contribution in [0.25, 0.3) is 43.0 Å². The van der Waals surface area contributed by atoms with E-state index in [-0.39, 0.29) is 37.4 Å². The summed E-state index contributed by atoms with van der Waals surface area (Å²) in [4.78, 5) is 39.1. The van der Waals surface area contributed by atoms with Crippen LogP contribution in [0.2, 0.25) is 10.0 Å². The van der Waals surface area contributed by atoms with Crippen LogP contribution in [-0.2, 0) is 32.0 Å². The molecule has 2 saturated heterocycles. The van der Waals surface area contributed by atoms with Crippen molar-refractivity contribution in [3.63, 3.8) is 0 Å². The van der Waals surface area contributed by atoms with Gasteiger partial charge in [0.2, 0.25) is 12.0 Å². The van der Waals surface area contributed by atoms with E-state index in [9.17, 15) is 9.18 Å². The molecule has 0 amide bonds. The first kappa shape index (κ1) is 53.2. The number of hydrogen-bond acceptors (Lipinski definition) is 16. The Morgan fingerprint density at radius 3 is 2.28 bits per heavy atom. The molecule has 0 spiro atoms. The van der Waals surface area contributed by atoms with E-state index in [0.717, 1.165) is 36.6 Å². The lowest BCUT2D eigenvalue weighted by atomic mass is 9.92. The molecule has 4 aliphatic heterocycles. The highest BCUT2D eigenvalue weighted by Gasteiger charge is 2.34. The zero-order valence-corrected chi connectivity index (χ0v) is 45.5. The molecule has 0 saturated carbocycles. The summed E-state index contributed by atoms with van der Waals surface area (Å²) in [5, 5.41) is 1.13. The van der Waals surface area contributed by atoms with Crippen LogP contribution in [-0.4, -0.2) is 132 Å². The maximum atomic E-state index is 14.6. The zero-order valence-electron chi connectivity index (χ0n) is 43.2. The third kappa shape index (κ3) is 12.3. The fourth-order valence-electron chi connectivity index (χ4n) is 9.40. The first-order valence-electron chi connectivity index (χ1n) is 25.2. The molecule has 4 aliphatic rings. The van der Waals surface area contributed by atoms with Crippen molar-refractivity contribution in [2.24, 2.45) is 0 Å². The Labute approximate surface area is 455 Å². The minimum absolute atomic E-state index is 0.0359. The lowest BCUT2D eigenvalue weighted by molar-refractivity contribution is -0.163. The van der Waals surface area contributed by atoms with Crippen LogP contribution in [0.15, 0.2) is 85.5 Å². The number of thiophene rings is 1. The minimum Gasteiger partial charge on any atom is -0.491 e. The quantitative estimate of drug-likeness (QED) is 0.113. The second-order valence-electron chi connectivity index (χ2n) is 20.1. The summed E-state index contributed by atoms with van der Waals surface area (Å²) in [6.07, 6.45) is 0.930. The van der Waals surface area contributed by atoms with Crippen molar-refractivity contribution < 1.29 is 47.1 Å². The van der Waals surface area contributed by atoms with Crippen LogP contribution in [0, 0.1) is 19.7 Å². The Kier molecular flexibility index (Phi) is 16.2. The Bertz CT molecular complexity index is 3170. The van der Waals surface area contributed by atoms with Gasteiger partial charge in [-0.1, -0.05) is 35.3 Å². The summed E-state index contributed by atoms with van der Waals surface area (Å²) >= 11 is 16.2. The number of rotatable bonds is 11. The number of carbonyl (C=O) groups excluding carboxylic acids is 1. The van der Waals surface area contributed by atoms with Gasteiger partial charge in [-0.2, -0.15) is 0 Å². The molecule has 3 atom stereocenters. The van der Waals surface area contributed by atoms with Crippen LogP contribution in [0.4, 0.5) is 4.39 Å². The molecule has 4 bridgehead atoms. The Morgan fingerprint density at radius 2 is 1.55 bits per heavy atom. The van der Waals surface area contributed by atoms with Gasteiger partial charge in [0.25, 0.3) is 0 Å². The predicted molar refractivity (Wildman–Crippen MR) is 290 cm³/mol. The number of benzene rings is 4. The minimum atomic E-state index is -1.28. The number of halogens is 3. The molecular weight excluding hydrogens is 1030 g/mol. The summed E-state index contributed by atoms with van der Waals surface area (Å²) in [6.45, 7) is 15.4. The van der Waals surface area contributed by atoms with E-state index >= 15 is 0 Å². The van der Waals surface area contributed by atoms with Gasteiger partial charge in [0, 0.05) is 60.7 Å². The number of fused-ring (bicyclic) bond motifs is 7. The number of likely N-dealkylation sites (N-methyl/N-ethyl adjacent to an activating group) is 1. The smallest absolute Gasteiger partial charge is 0.348 e. The molecule has 0 aliphatic carbocycles. The van der Waals surface area contributed by atoms with Crippen LogP contribution < -0.4 is 23.7 Å². The molecule has 3 aromatic heterocycles. The summed E-state index contributed by atoms with van der Waals surface area (Å²) in [7, 11) is 2.11. The van der Waals surface area contributed by atoms with Crippen molar-refractivity contribution in [3.05, 3.63) is 124 Å². The van der Waals surface area contributed by atoms with E-state index in [2.05, 4.69) is 26.8 Å². The largest absolute Gasteiger partial charge is 0.491 e. The molecule has 15 nitrogen and oxygen atoms in total. The lowest BCUT2D eigenvalue weighted by Crippen LogP contribution is -2.49. The van der Waals surface area contributed by atoms with Crippen LogP contribution in [0.5, 0.6) is 28.9 Å². The van der Waals surface area contributed by atoms with Crippen LogP contribution >= 0.6 is 34.5 Å². The SMILES string of the molecule is Cc1c(Cl)c2c(Cl)c(C)c1-c1c(-c3ccc(F)cc3)sc3ncnc(c13)O[C@@H](C(=O)OC(C)(C)C)Cc1cc(ccc1OCc1cc(-c3ccc(OC[C@H]4COCCO4)cc3)ncn1)OC[C@@H](CN1CCN(C)CC1)O2. The number of esters is 1. The normalized spacial score (nSPS) is 18.6. The average molecular weight is 1090 g/mol. The topological polar surface area (TPSA) is 149 Å². The number of hydrogen-bond donors (Lipinski definition) is 0. The monoisotopic (exact) mass is 1090 g/mol. The molecule has 2 fully saturated rings. The number of nitrogens with zero attached hydrogens (tertiary/aromatic N) is 6. The second kappa shape index (κ2) is 23.2. The van der Waals surface area contributed by atoms with Gasteiger partial charge in [-0.25, -0.2) is 29.1 Å². The summed E-state index contributed by atoms with van der Waals surface area (Å²) < 4.78 is 64.9. The molecule has 7 heterocycles. The molecule has 0 N–H and O–H groups in total. The molecule has 76 heavy (non-hydrogen) atoms. The van der Waals surface area contributed by atoms with E-state index in [4.69, 9.17) is 71.1 Å². The highest BCUT2D eigenvalue weighted by Crippen LogP contribution is 2.53. The van der Waals surface area contributed by atoms with Gasteiger partial charge in [0.1, 0.15) is 78.2 Å². The highest BCUT2D eigenvalue weighted by atomic mass is 35.5. The maximum absolute atomic E-state index is 14.6. The Balaban J connectivity index is 1.04. The molecule has 19 heteroatoms. The molecule has 7 aromatic rings. The summed E-state index contributed by atoms with van der Waals surface area (Å²) in [6, 6.07) is 21.2. The summed E-state index contributed by atoms with van der Waals surface area (Å²) in [5.41, 5.74) is 5.26. The fraction of sp³-hybridized carbons (Fsp3) is 0.386. The lowest BCUT2D eigenvalue weighted by Gasteiger charge is -2.35. The van der Waals surface area contributed by atoms with Crippen LogP contribution in [0.1, 0.15) is 43.2 Å². The van der Waals surface area contributed by atoms with Gasteiger partial charge in [-0.05, 0) is 125 Å². The number of ether oxygens (including phenoxy) is 8. The first-order chi connectivity index (χ1) is 36.6.